The van der Waals surface area contributed by atoms with Gasteiger partial charge in [0.05, 0.1) is 3.79 Å². The lowest BCUT2D eigenvalue weighted by atomic mass is 10.1. The van der Waals surface area contributed by atoms with Gasteiger partial charge < -0.3 is 0 Å². The second kappa shape index (κ2) is 3.89. The Kier molecular flexibility index (Phi) is 2.98. The Balaban J connectivity index is 2.83. The van der Waals surface area contributed by atoms with Crippen LogP contribution in [0.1, 0.15) is 5.56 Å². The van der Waals surface area contributed by atoms with E-state index < -0.39 is 0 Å². The van der Waals surface area contributed by atoms with Gasteiger partial charge in [-0.2, -0.15) is 0 Å². The summed E-state index contributed by atoms with van der Waals surface area (Å²) in [7, 11) is 0. The van der Waals surface area contributed by atoms with Crippen LogP contribution in [-0.2, 0) is 5.88 Å². The predicted octanol–water partition coefficient (Wildman–Crippen LogP) is 5.17. The number of halogens is 3. The van der Waals surface area contributed by atoms with Gasteiger partial charge in [-0.3, -0.25) is 0 Å². The molecule has 0 saturated carbocycles. The van der Waals surface area contributed by atoms with Gasteiger partial charge in [0.1, 0.15) is 0 Å². The summed E-state index contributed by atoms with van der Waals surface area (Å²) in [5, 5.41) is 1.24. The van der Waals surface area contributed by atoms with Crippen LogP contribution in [0.15, 0.2) is 26.5 Å². The molecule has 1 heterocycles. The Morgan fingerprint density at radius 1 is 1.31 bits per heavy atom. The van der Waals surface area contributed by atoms with Crippen molar-refractivity contribution in [2.24, 2.45) is 0 Å². The maximum absolute atomic E-state index is 5.84. The number of benzene rings is 1. The lowest BCUT2D eigenvalue weighted by Gasteiger charge is -1.98. The molecule has 4 heteroatoms. The first kappa shape index (κ1) is 9.97. The molecule has 0 aliphatic rings. The molecular formula is C9H5Br2ClS. The minimum atomic E-state index is 0.562. The first-order valence-corrected chi connectivity index (χ1v) is 6.58. The summed E-state index contributed by atoms with van der Waals surface area (Å²) < 4.78 is 3.53. The molecule has 68 valence electrons. The molecule has 0 bridgehead atoms. The lowest BCUT2D eigenvalue weighted by molar-refractivity contribution is 1.45. The van der Waals surface area contributed by atoms with E-state index in [9.17, 15) is 0 Å². The summed E-state index contributed by atoms with van der Waals surface area (Å²) in [6.07, 6.45) is 0. The molecular weight excluding hydrogens is 335 g/mol. The Hall–Kier alpha value is 0.430. The van der Waals surface area contributed by atoms with Crippen LogP contribution in [0.2, 0.25) is 0 Å². The molecule has 0 atom stereocenters. The number of fused-ring (bicyclic) bond motifs is 1. The standard InChI is InChI=1S/C9H5Br2ClS/c10-7-2-1-5(4-12)6-3-8(11)13-9(6)7/h1-3H,4H2. The third-order valence-electron chi connectivity index (χ3n) is 1.84. The van der Waals surface area contributed by atoms with Crippen molar-refractivity contribution < 1.29 is 0 Å². The fraction of sp³-hybridized carbons (Fsp3) is 0.111. The highest BCUT2D eigenvalue weighted by molar-refractivity contribution is 9.11. The second-order valence-corrected chi connectivity index (χ2v) is 6.19. The molecule has 0 spiro atoms. The van der Waals surface area contributed by atoms with Crippen molar-refractivity contribution in [1.82, 2.24) is 0 Å². The topological polar surface area (TPSA) is 0 Å². The van der Waals surface area contributed by atoms with E-state index in [1.54, 1.807) is 11.3 Å². The van der Waals surface area contributed by atoms with Crippen molar-refractivity contribution >= 4 is 64.9 Å². The van der Waals surface area contributed by atoms with E-state index in [2.05, 4.69) is 44.0 Å². The minimum Gasteiger partial charge on any atom is -0.127 e. The van der Waals surface area contributed by atoms with Crippen molar-refractivity contribution in [1.29, 1.82) is 0 Å². The van der Waals surface area contributed by atoms with Crippen LogP contribution in [0, 0.1) is 0 Å². The zero-order chi connectivity index (χ0) is 9.42. The van der Waals surface area contributed by atoms with E-state index in [1.807, 2.05) is 6.07 Å². The van der Waals surface area contributed by atoms with Gasteiger partial charge in [0, 0.05) is 15.1 Å². The average Bonchev–Trinajstić information content (AvgIpc) is 2.48. The molecule has 0 aliphatic carbocycles. The molecule has 1 aromatic carbocycles. The largest absolute Gasteiger partial charge is 0.127 e. The third-order valence-corrected chi connectivity index (χ3v) is 4.72. The Bertz CT molecular complexity index is 450. The zero-order valence-electron chi connectivity index (χ0n) is 6.48. The molecule has 0 aliphatic heterocycles. The molecule has 1 aromatic heterocycles. The second-order valence-electron chi connectivity index (χ2n) is 2.63. The molecule has 2 aromatic rings. The zero-order valence-corrected chi connectivity index (χ0v) is 11.2. The van der Waals surface area contributed by atoms with Gasteiger partial charge in [0.2, 0.25) is 0 Å². The van der Waals surface area contributed by atoms with Gasteiger partial charge >= 0.3 is 0 Å². The number of alkyl halides is 1. The summed E-state index contributed by atoms with van der Waals surface area (Å²) in [5.41, 5.74) is 1.18. The molecule has 0 amide bonds. The molecule has 13 heavy (non-hydrogen) atoms. The molecule has 2 rings (SSSR count). The summed E-state index contributed by atoms with van der Waals surface area (Å²) in [5.74, 6) is 0.562. The van der Waals surface area contributed by atoms with Gasteiger partial charge in [-0.05, 0) is 54.9 Å². The molecule has 0 radical (unpaired) electrons. The van der Waals surface area contributed by atoms with E-state index in [-0.39, 0.29) is 0 Å². The fourth-order valence-corrected chi connectivity index (χ4v) is 3.61. The summed E-state index contributed by atoms with van der Waals surface area (Å²) >= 11 is 14.6. The highest BCUT2D eigenvalue weighted by atomic mass is 79.9. The van der Waals surface area contributed by atoms with E-state index in [1.165, 1.54) is 15.6 Å². The van der Waals surface area contributed by atoms with E-state index in [0.717, 1.165) is 8.26 Å². The Morgan fingerprint density at radius 3 is 2.77 bits per heavy atom. The smallest absolute Gasteiger partial charge is 0.0711 e. The maximum atomic E-state index is 5.84. The van der Waals surface area contributed by atoms with Crippen molar-refractivity contribution in [3.8, 4) is 0 Å². The van der Waals surface area contributed by atoms with Crippen molar-refractivity contribution in [3.05, 3.63) is 32.0 Å². The van der Waals surface area contributed by atoms with Crippen molar-refractivity contribution in [2.45, 2.75) is 5.88 Å². The van der Waals surface area contributed by atoms with Gasteiger partial charge in [0.15, 0.2) is 0 Å². The fourth-order valence-electron chi connectivity index (χ4n) is 1.23. The van der Waals surface area contributed by atoms with E-state index in [0.29, 0.717) is 5.88 Å². The monoisotopic (exact) mass is 338 g/mol. The van der Waals surface area contributed by atoms with Crippen LogP contribution < -0.4 is 0 Å². The van der Waals surface area contributed by atoms with Crippen LogP contribution in [0.3, 0.4) is 0 Å². The van der Waals surface area contributed by atoms with Crippen molar-refractivity contribution in [3.63, 3.8) is 0 Å². The predicted molar refractivity (Wildman–Crippen MR) is 66.8 cm³/mol. The number of hydrogen-bond acceptors (Lipinski definition) is 1. The Labute approximate surface area is 102 Å². The number of rotatable bonds is 1. The number of hydrogen-bond donors (Lipinski definition) is 0. The van der Waals surface area contributed by atoms with E-state index >= 15 is 0 Å². The Morgan fingerprint density at radius 2 is 2.08 bits per heavy atom. The highest BCUT2D eigenvalue weighted by Gasteiger charge is 2.07. The highest BCUT2D eigenvalue weighted by Crippen LogP contribution is 2.37. The molecule has 0 saturated heterocycles. The van der Waals surface area contributed by atoms with Gasteiger partial charge in [-0.1, -0.05) is 6.07 Å². The molecule has 0 nitrogen and oxygen atoms in total. The number of thiophene rings is 1. The molecule has 0 fully saturated rings. The van der Waals surface area contributed by atoms with Crippen LogP contribution >= 0.6 is 54.8 Å². The van der Waals surface area contributed by atoms with Crippen LogP contribution in [0.4, 0.5) is 0 Å². The SMILES string of the molecule is ClCc1ccc(Br)c2sc(Br)cc12. The third kappa shape index (κ3) is 1.80. The first-order chi connectivity index (χ1) is 6.22. The van der Waals surface area contributed by atoms with Gasteiger partial charge in [0.25, 0.3) is 0 Å². The molecule has 0 unspecified atom stereocenters. The maximum Gasteiger partial charge on any atom is 0.0711 e. The minimum absolute atomic E-state index is 0.562. The average molecular weight is 340 g/mol. The van der Waals surface area contributed by atoms with Crippen LogP contribution in [-0.4, -0.2) is 0 Å². The lowest BCUT2D eigenvalue weighted by Crippen LogP contribution is -1.77. The van der Waals surface area contributed by atoms with Gasteiger partial charge in [-0.25, -0.2) is 0 Å². The van der Waals surface area contributed by atoms with Crippen LogP contribution in [0.5, 0.6) is 0 Å². The summed E-state index contributed by atoms with van der Waals surface area (Å²) in [4.78, 5) is 0. The molecule has 0 N–H and O–H groups in total. The first-order valence-electron chi connectivity index (χ1n) is 3.65. The quantitative estimate of drug-likeness (QED) is 0.629. The van der Waals surface area contributed by atoms with Gasteiger partial charge in [-0.15, -0.1) is 22.9 Å². The normalized spacial score (nSPS) is 11.0. The van der Waals surface area contributed by atoms with E-state index in [4.69, 9.17) is 11.6 Å². The summed E-state index contributed by atoms with van der Waals surface area (Å²) in [6, 6.07) is 6.21. The van der Waals surface area contributed by atoms with Crippen molar-refractivity contribution in [2.75, 3.05) is 0 Å². The summed E-state index contributed by atoms with van der Waals surface area (Å²) in [6.45, 7) is 0. The van der Waals surface area contributed by atoms with Crippen LogP contribution in [0.25, 0.3) is 10.1 Å².